The van der Waals surface area contributed by atoms with Gasteiger partial charge < -0.3 is 4.90 Å². The fourth-order valence-electron chi connectivity index (χ4n) is 1.92. The molecule has 2 N–H and O–H groups in total. The largest absolute Gasteiger partial charge is 0.365 e. The highest BCUT2D eigenvalue weighted by atomic mass is 16.2. The highest BCUT2D eigenvalue weighted by Crippen LogP contribution is 2.20. The summed E-state index contributed by atoms with van der Waals surface area (Å²) in [4.78, 5) is 24.2. The van der Waals surface area contributed by atoms with Gasteiger partial charge in [0.05, 0.1) is 6.54 Å². The predicted molar refractivity (Wildman–Crippen MR) is 79.2 cm³/mol. The molecule has 0 radical (unpaired) electrons. The van der Waals surface area contributed by atoms with Gasteiger partial charge in [-0.15, -0.1) is 0 Å². The van der Waals surface area contributed by atoms with Gasteiger partial charge in [-0.25, -0.2) is 0 Å². The standard InChI is InChI=1S/C15H17N3O2/c1-11(19)16-17-15(20)10-18(2)14-8-7-12-5-3-4-6-13(12)9-14/h3-9H,10H2,1-2H3,(H,16,19)(H,17,20). The van der Waals surface area contributed by atoms with E-state index < -0.39 is 0 Å². The maximum atomic E-state index is 11.6. The van der Waals surface area contributed by atoms with Crippen LogP contribution in [0, 0.1) is 0 Å². The number of fused-ring (bicyclic) bond motifs is 1. The van der Waals surface area contributed by atoms with E-state index >= 15 is 0 Å². The van der Waals surface area contributed by atoms with Crippen molar-refractivity contribution in [2.45, 2.75) is 6.92 Å². The molecule has 2 aromatic rings. The number of amides is 2. The molecule has 5 nitrogen and oxygen atoms in total. The van der Waals surface area contributed by atoms with E-state index in [9.17, 15) is 9.59 Å². The van der Waals surface area contributed by atoms with E-state index in [-0.39, 0.29) is 18.4 Å². The average Bonchev–Trinajstić information content (AvgIpc) is 2.44. The summed E-state index contributed by atoms with van der Waals surface area (Å²) in [5.41, 5.74) is 5.55. The Morgan fingerprint density at radius 3 is 2.45 bits per heavy atom. The number of likely N-dealkylation sites (N-methyl/N-ethyl adjacent to an activating group) is 1. The van der Waals surface area contributed by atoms with Crippen molar-refractivity contribution in [3.63, 3.8) is 0 Å². The second-order valence-electron chi connectivity index (χ2n) is 4.62. The first-order valence-electron chi connectivity index (χ1n) is 6.31. The second-order valence-corrected chi connectivity index (χ2v) is 4.62. The van der Waals surface area contributed by atoms with Gasteiger partial charge >= 0.3 is 0 Å². The molecule has 2 rings (SSSR count). The number of rotatable bonds is 3. The fraction of sp³-hybridized carbons (Fsp3) is 0.200. The summed E-state index contributed by atoms with van der Waals surface area (Å²) in [5, 5.41) is 2.28. The van der Waals surface area contributed by atoms with Gasteiger partial charge in [0.2, 0.25) is 5.91 Å². The molecule has 2 amide bonds. The Bertz CT molecular complexity index is 640. The maximum Gasteiger partial charge on any atom is 0.257 e. The van der Waals surface area contributed by atoms with Crippen LogP contribution in [0.1, 0.15) is 6.92 Å². The zero-order chi connectivity index (χ0) is 14.5. The molecule has 2 aromatic carbocycles. The highest BCUT2D eigenvalue weighted by Gasteiger charge is 2.08. The van der Waals surface area contributed by atoms with Crippen LogP contribution in [0.3, 0.4) is 0 Å². The Balaban J connectivity index is 2.05. The van der Waals surface area contributed by atoms with E-state index in [1.807, 2.05) is 54.4 Å². The fourth-order valence-corrected chi connectivity index (χ4v) is 1.92. The Labute approximate surface area is 117 Å². The van der Waals surface area contributed by atoms with Crippen LogP contribution < -0.4 is 15.8 Å². The number of nitrogens with zero attached hydrogens (tertiary/aromatic N) is 1. The first-order valence-corrected chi connectivity index (χ1v) is 6.31. The summed E-state index contributed by atoms with van der Waals surface area (Å²) in [7, 11) is 1.83. The van der Waals surface area contributed by atoms with Crippen LogP contribution in [0.5, 0.6) is 0 Å². The lowest BCUT2D eigenvalue weighted by Crippen LogP contribution is -2.45. The first-order chi connectivity index (χ1) is 9.56. The minimum atomic E-state index is -0.299. The minimum absolute atomic E-state index is 0.165. The van der Waals surface area contributed by atoms with Crippen LogP contribution in [-0.4, -0.2) is 25.4 Å². The molecule has 0 atom stereocenters. The van der Waals surface area contributed by atoms with Crippen molar-refractivity contribution in [3.05, 3.63) is 42.5 Å². The maximum absolute atomic E-state index is 11.6. The summed E-state index contributed by atoms with van der Waals surface area (Å²) < 4.78 is 0. The topological polar surface area (TPSA) is 61.4 Å². The quantitative estimate of drug-likeness (QED) is 0.830. The monoisotopic (exact) mass is 271 g/mol. The molecular formula is C15H17N3O2. The van der Waals surface area contributed by atoms with Crippen LogP contribution in [-0.2, 0) is 9.59 Å². The molecule has 0 aromatic heterocycles. The van der Waals surface area contributed by atoms with Crippen molar-refractivity contribution in [3.8, 4) is 0 Å². The van der Waals surface area contributed by atoms with E-state index in [4.69, 9.17) is 0 Å². The van der Waals surface area contributed by atoms with Gasteiger partial charge in [0.15, 0.2) is 0 Å². The van der Waals surface area contributed by atoms with Gasteiger partial charge in [0.25, 0.3) is 5.91 Å². The van der Waals surface area contributed by atoms with Crippen molar-refractivity contribution in [1.82, 2.24) is 10.9 Å². The van der Waals surface area contributed by atoms with Crippen LogP contribution in [0.15, 0.2) is 42.5 Å². The first kappa shape index (κ1) is 13.9. The molecule has 0 bridgehead atoms. The van der Waals surface area contributed by atoms with Crippen LogP contribution in [0.25, 0.3) is 10.8 Å². The van der Waals surface area contributed by atoms with Crippen LogP contribution in [0.4, 0.5) is 5.69 Å². The predicted octanol–water partition coefficient (Wildman–Crippen LogP) is 1.44. The number of carbonyl (C=O) groups is 2. The SMILES string of the molecule is CC(=O)NNC(=O)CN(C)c1ccc2ccccc2c1. The summed E-state index contributed by atoms with van der Waals surface area (Å²) >= 11 is 0. The third-order valence-electron chi connectivity index (χ3n) is 2.93. The summed E-state index contributed by atoms with van der Waals surface area (Å²) in [6.07, 6.45) is 0. The van der Waals surface area contributed by atoms with E-state index in [0.717, 1.165) is 16.5 Å². The van der Waals surface area contributed by atoms with Crippen molar-refractivity contribution >= 4 is 28.3 Å². The molecule has 0 aliphatic rings. The highest BCUT2D eigenvalue weighted by molar-refractivity contribution is 5.88. The third-order valence-corrected chi connectivity index (χ3v) is 2.93. The number of anilines is 1. The molecule has 0 aliphatic carbocycles. The molecule has 104 valence electrons. The van der Waals surface area contributed by atoms with Crippen molar-refractivity contribution < 1.29 is 9.59 Å². The molecule has 20 heavy (non-hydrogen) atoms. The average molecular weight is 271 g/mol. The molecule has 0 aliphatic heterocycles. The second kappa shape index (κ2) is 6.06. The molecule has 0 unspecified atom stereocenters. The molecular weight excluding hydrogens is 254 g/mol. The van der Waals surface area contributed by atoms with Gasteiger partial charge in [-0.1, -0.05) is 30.3 Å². The zero-order valence-corrected chi connectivity index (χ0v) is 11.5. The van der Waals surface area contributed by atoms with Crippen LogP contribution in [0.2, 0.25) is 0 Å². The Kier molecular flexibility index (Phi) is 4.20. The van der Waals surface area contributed by atoms with Crippen molar-refractivity contribution in [1.29, 1.82) is 0 Å². The van der Waals surface area contributed by atoms with Gasteiger partial charge in [-0.05, 0) is 22.9 Å². The number of hydrogen-bond acceptors (Lipinski definition) is 3. The Morgan fingerprint density at radius 2 is 1.75 bits per heavy atom. The normalized spacial score (nSPS) is 10.1. The molecule has 0 heterocycles. The Hall–Kier alpha value is -2.56. The van der Waals surface area contributed by atoms with Gasteiger partial charge in [0.1, 0.15) is 0 Å². The summed E-state index contributed by atoms with van der Waals surface area (Å²) in [5.74, 6) is -0.567. The number of hydrogen-bond donors (Lipinski definition) is 2. The van der Waals surface area contributed by atoms with Crippen molar-refractivity contribution in [2.75, 3.05) is 18.5 Å². The lowest BCUT2D eigenvalue weighted by molar-refractivity contribution is -0.127. The Morgan fingerprint density at radius 1 is 1.05 bits per heavy atom. The van der Waals surface area contributed by atoms with Gasteiger partial charge in [-0.2, -0.15) is 0 Å². The smallest absolute Gasteiger partial charge is 0.257 e. The lowest BCUT2D eigenvalue weighted by atomic mass is 10.1. The summed E-state index contributed by atoms with van der Waals surface area (Å²) in [6, 6.07) is 14.1. The van der Waals surface area contributed by atoms with Gasteiger partial charge in [0, 0.05) is 19.7 Å². The molecule has 0 fully saturated rings. The zero-order valence-electron chi connectivity index (χ0n) is 11.5. The number of hydrazine groups is 1. The van der Waals surface area contributed by atoms with Crippen molar-refractivity contribution in [2.24, 2.45) is 0 Å². The molecule has 5 heteroatoms. The van der Waals surface area contributed by atoms with Crippen LogP contribution >= 0.6 is 0 Å². The molecule has 0 saturated carbocycles. The minimum Gasteiger partial charge on any atom is -0.365 e. The van der Waals surface area contributed by atoms with E-state index in [2.05, 4.69) is 10.9 Å². The third kappa shape index (κ3) is 3.47. The number of carbonyl (C=O) groups excluding carboxylic acids is 2. The number of nitrogens with one attached hydrogen (secondary N) is 2. The lowest BCUT2D eigenvalue weighted by Gasteiger charge is -2.19. The number of benzene rings is 2. The van der Waals surface area contributed by atoms with E-state index in [1.54, 1.807) is 0 Å². The molecule has 0 spiro atoms. The summed E-state index contributed by atoms with van der Waals surface area (Å²) in [6.45, 7) is 1.51. The van der Waals surface area contributed by atoms with E-state index in [1.165, 1.54) is 6.92 Å². The van der Waals surface area contributed by atoms with Gasteiger partial charge in [-0.3, -0.25) is 20.4 Å². The molecule has 0 saturated heterocycles. The van der Waals surface area contributed by atoms with E-state index in [0.29, 0.717) is 0 Å².